The molecular weight excluding hydrogens is 286 g/mol. The third-order valence-corrected chi connectivity index (χ3v) is 4.68. The van der Waals surface area contributed by atoms with E-state index in [9.17, 15) is 0 Å². The van der Waals surface area contributed by atoms with E-state index in [1.165, 1.54) is 11.1 Å². The van der Waals surface area contributed by atoms with Crippen LogP contribution in [0.4, 0.5) is 5.82 Å². The van der Waals surface area contributed by atoms with Crippen LogP contribution in [0.15, 0.2) is 30.5 Å². The Morgan fingerprint density at radius 1 is 1.13 bits per heavy atom. The molecule has 4 nitrogen and oxygen atoms in total. The largest absolute Gasteiger partial charge is 0.381 e. The Kier molecular flexibility index (Phi) is 4.91. The van der Waals surface area contributed by atoms with Gasteiger partial charge in [0, 0.05) is 44.2 Å². The molecule has 0 spiro atoms. The lowest BCUT2D eigenvalue weighted by atomic mass is 10.1. The lowest BCUT2D eigenvalue weighted by Crippen LogP contribution is -2.37. The van der Waals surface area contributed by atoms with Gasteiger partial charge in [0.05, 0.1) is 6.10 Å². The first kappa shape index (κ1) is 15.9. The number of rotatable bonds is 4. The SMILES string of the molecule is COC1CCN(c2cccc(Cc3cc(C)c(C)cn3)n2)CC1. The molecule has 0 radical (unpaired) electrons. The van der Waals surface area contributed by atoms with E-state index in [4.69, 9.17) is 9.72 Å². The minimum Gasteiger partial charge on any atom is -0.381 e. The van der Waals surface area contributed by atoms with E-state index in [0.29, 0.717) is 6.10 Å². The van der Waals surface area contributed by atoms with E-state index in [1.807, 2.05) is 6.20 Å². The molecular formula is C19H25N3O. The first-order valence-electron chi connectivity index (χ1n) is 8.31. The summed E-state index contributed by atoms with van der Waals surface area (Å²) in [5.74, 6) is 1.07. The Hall–Kier alpha value is -1.94. The molecule has 1 aliphatic heterocycles. The summed E-state index contributed by atoms with van der Waals surface area (Å²) >= 11 is 0. The van der Waals surface area contributed by atoms with E-state index < -0.39 is 0 Å². The highest BCUT2D eigenvalue weighted by atomic mass is 16.5. The van der Waals surface area contributed by atoms with Gasteiger partial charge in [0.1, 0.15) is 5.82 Å². The van der Waals surface area contributed by atoms with Gasteiger partial charge in [0.15, 0.2) is 0 Å². The van der Waals surface area contributed by atoms with Gasteiger partial charge in [-0.05, 0) is 56.0 Å². The molecule has 0 atom stereocenters. The number of anilines is 1. The van der Waals surface area contributed by atoms with Crippen molar-refractivity contribution in [3.63, 3.8) is 0 Å². The zero-order valence-electron chi connectivity index (χ0n) is 14.2. The summed E-state index contributed by atoms with van der Waals surface area (Å²) in [6, 6.07) is 8.45. The third-order valence-electron chi connectivity index (χ3n) is 4.68. The number of hydrogen-bond acceptors (Lipinski definition) is 4. The summed E-state index contributed by atoms with van der Waals surface area (Å²) < 4.78 is 5.44. The molecule has 122 valence electrons. The molecule has 1 aliphatic rings. The lowest BCUT2D eigenvalue weighted by molar-refractivity contribution is 0.0818. The van der Waals surface area contributed by atoms with E-state index in [0.717, 1.165) is 49.6 Å². The molecule has 0 saturated carbocycles. The number of aryl methyl sites for hydroxylation is 2. The second-order valence-corrected chi connectivity index (χ2v) is 6.35. The second-order valence-electron chi connectivity index (χ2n) is 6.35. The van der Waals surface area contributed by atoms with Gasteiger partial charge in [-0.15, -0.1) is 0 Å². The van der Waals surface area contributed by atoms with E-state index in [2.05, 4.69) is 48.0 Å². The number of hydrogen-bond donors (Lipinski definition) is 0. The van der Waals surface area contributed by atoms with Crippen LogP contribution >= 0.6 is 0 Å². The van der Waals surface area contributed by atoms with Gasteiger partial charge in [0.2, 0.25) is 0 Å². The fraction of sp³-hybridized carbons (Fsp3) is 0.474. The molecule has 2 aromatic rings. The van der Waals surface area contributed by atoms with Crippen LogP contribution in [0.1, 0.15) is 35.4 Å². The van der Waals surface area contributed by atoms with Crippen molar-refractivity contribution in [3.8, 4) is 0 Å². The Morgan fingerprint density at radius 3 is 2.61 bits per heavy atom. The first-order valence-corrected chi connectivity index (χ1v) is 8.31. The van der Waals surface area contributed by atoms with Crippen molar-refractivity contribution in [2.24, 2.45) is 0 Å². The lowest BCUT2D eigenvalue weighted by Gasteiger charge is -2.32. The summed E-state index contributed by atoms with van der Waals surface area (Å²) in [5.41, 5.74) is 4.67. The van der Waals surface area contributed by atoms with Crippen molar-refractivity contribution in [3.05, 3.63) is 53.0 Å². The number of nitrogens with zero attached hydrogens (tertiary/aromatic N) is 3. The van der Waals surface area contributed by atoms with Crippen molar-refractivity contribution >= 4 is 5.82 Å². The van der Waals surface area contributed by atoms with Crippen molar-refractivity contribution < 1.29 is 4.74 Å². The molecule has 0 bridgehead atoms. The zero-order chi connectivity index (χ0) is 16.2. The summed E-state index contributed by atoms with van der Waals surface area (Å²) in [5, 5.41) is 0. The van der Waals surface area contributed by atoms with Crippen LogP contribution in [0.2, 0.25) is 0 Å². The molecule has 23 heavy (non-hydrogen) atoms. The molecule has 1 fully saturated rings. The fourth-order valence-electron chi connectivity index (χ4n) is 3.03. The van der Waals surface area contributed by atoms with Crippen LogP contribution in [0.25, 0.3) is 0 Å². The Balaban J connectivity index is 1.71. The number of aromatic nitrogens is 2. The normalized spacial score (nSPS) is 15.9. The van der Waals surface area contributed by atoms with Gasteiger partial charge < -0.3 is 9.64 Å². The Bertz CT molecular complexity index is 663. The second kappa shape index (κ2) is 7.09. The summed E-state index contributed by atoms with van der Waals surface area (Å²) in [7, 11) is 1.80. The van der Waals surface area contributed by atoms with Crippen molar-refractivity contribution in [1.29, 1.82) is 0 Å². The molecule has 0 N–H and O–H groups in total. The fourth-order valence-corrected chi connectivity index (χ4v) is 3.03. The maximum Gasteiger partial charge on any atom is 0.128 e. The smallest absolute Gasteiger partial charge is 0.128 e. The number of pyridine rings is 2. The average Bonchev–Trinajstić information content (AvgIpc) is 2.58. The maximum atomic E-state index is 5.44. The van der Waals surface area contributed by atoms with Crippen LogP contribution in [0, 0.1) is 13.8 Å². The summed E-state index contributed by atoms with van der Waals surface area (Å²) in [6.07, 6.45) is 5.27. The standard InChI is InChI=1S/C19H25N3O/c1-14-11-17(20-13-15(14)2)12-16-5-4-6-19(21-16)22-9-7-18(23-3)8-10-22/h4-6,11,13,18H,7-10,12H2,1-3H3. The summed E-state index contributed by atoms with van der Waals surface area (Å²) in [4.78, 5) is 11.7. The zero-order valence-corrected chi connectivity index (χ0v) is 14.2. The topological polar surface area (TPSA) is 38.2 Å². The highest BCUT2D eigenvalue weighted by Gasteiger charge is 2.19. The number of ether oxygens (including phenoxy) is 1. The van der Waals surface area contributed by atoms with E-state index in [1.54, 1.807) is 7.11 Å². The van der Waals surface area contributed by atoms with Crippen LogP contribution in [0.5, 0.6) is 0 Å². The molecule has 4 heteroatoms. The Morgan fingerprint density at radius 2 is 1.91 bits per heavy atom. The molecule has 0 aliphatic carbocycles. The highest BCUT2D eigenvalue weighted by Crippen LogP contribution is 2.20. The van der Waals surface area contributed by atoms with E-state index in [-0.39, 0.29) is 0 Å². The first-order chi connectivity index (χ1) is 11.2. The van der Waals surface area contributed by atoms with E-state index >= 15 is 0 Å². The molecule has 0 unspecified atom stereocenters. The monoisotopic (exact) mass is 311 g/mol. The molecule has 1 saturated heterocycles. The minimum absolute atomic E-state index is 0.397. The van der Waals surface area contributed by atoms with Gasteiger partial charge in [-0.2, -0.15) is 0 Å². The number of methoxy groups -OCH3 is 1. The van der Waals surface area contributed by atoms with Crippen molar-refractivity contribution in [1.82, 2.24) is 9.97 Å². The molecule has 0 amide bonds. The number of piperidine rings is 1. The van der Waals surface area contributed by atoms with Crippen molar-refractivity contribution in [2.45, 2.75) is 39.2 Å². The van der Waals surface area contributed by atoms with Crippen LogP contribution < -0.4 is 4.90 Å². The average molecular weight is 311 g/mol. The van der Waals surface area contributed by atoms with Gasteiger partial charge in [-0.3, -0.25) is 4.98 Å². The van der Waals surface area contributed by atoms with Gasteiger partial charge in [0.25, 0.3) is 0 Å². The quantitative estimate of drug-likeness (QED) is 0.868. The predicted octanol–water partition coefficient (Wildman–Crippen LogP) is 3.30. The van der Waals surface area contributed by atoms with Crippen LogP contribution in [-0.2, 0) is 11.2 Å². The van der Waals surface area contributed by atoms with Crippen LogP contribution in [0.3, 0.4) is 0 Å². The molecule has 3 rings (SSSR count). The van der Waals surface area contributed by atoms with Gasteiger partial charge in [-0.1, -0.05) is 6.07 Å². The van der Waals surface area contributed by atoms with Gasteiger partial charge in [-0.25, -0.2) is 4.98 Å². The Labute approximate surface area is 138 Å². The highest BCUT2D eigenvalue weighted by molar-refractivity contribution is 5.40. The molecule has 2 aromatic heterocycles. The van der Waals surface area contributed by atoms with Crippen molar-refractivity contribution in [2.75, 3.05) is 25.1 Å². The van der Waals surface area contributed by atoms with Crippen LogP contribution in [-0.4, -0.2) is 36.3 Å². The molecule has 3 heterocycles. The molecule has 0 aromatic carbocycles. The predicted molar refractivity (Wildman–Crippen MR) is 93.0 cm³/mol. The maximum absolute atomic E-state index is 5.44. The van der Waals surface area contributed by atoms with Gasteiger partial charge >= 0.3 is 0 Å². The third kappa shape index (κ3) is 3.88. The minimum atomic E-state index is 0.397. The summed E-state index contributed by atoms with van der Waals surface area (Å²) in [6.45, 7) is 6.24.